The topological polar surface area (TPSA) is 46.6 Å². The summed E-state index contributed by atoms with van der Waals surface area (Å²) in [5, 5.41) is 0. The number of sulfonamides is 1. The zero-order chi connectivity index (χ0) is 10.3. The Morgan fingerprint density at radius 1 is 1.38 bits per heavy atom. The lowest BCUT2D eigenvalue weighted by Crippen LogP contribution is -2.31. The predicted octanol–water partition coefficient (Wildman–Crippen LogP) is 0.695. The zero-order valence-corrected chi connectivity index (χ0v) is 9.43. The largest absolute Gasteiger partial charge is 0.384 e. The molecule has 0 aromatic rings. The average molecular weight is 209 g/mol. The van der Waals surface area contributed by atoms with Gasteiger partial charge in [0.1, 0.15) is 0 Å². The second kappa shape index (κ2) is 6.34. The van der Waals surface area contributed by atoms with Gasteiger partial charge >= 0.3 is 0 Å². The molecule has 0 amide bonds. The van der Waals surface area contributed by atoms with Gasteiger partial charge < -0.3 is 4.74 Å². The van der Waals surface area contributed by atoms with E-state index in [9.17, 15) is 8.42 Å². The summed E-state index contributed by atoms with van der Waals surface area (Å²) in [7, 11) is 0.0270. The van der Waals surface area contributed by atoms with Crippen LogP contribution in [0.2, 0.25) is 0 Å². The number of methoxy groups -OCH3 is 1. The highest BCUT2D eigenvalue weighted by molar-refractivity contribution is 7.89. The number of hydrogen-bond acceptors (Lipinski definition) is 3. The van der Waals surface area contributed by atoms with E-state index in [2.05, 4.69) is 0 Å². The third-order valence-corrected chi connectivity index (χ3v) is 3.66. The Bertz CT molecular complexity index is 213. The van der Waals surface area contributed by atoms with Gasteiger partial charge in [0.15, 0.2) is 0 Å². The molecule has 0 fully saturated rings. The first-order valence-corrected chi connectivity index (χ1v) is 6.08. The van der Waals surface area contributed by atoms with E-state index in [0.717, 1.165) is 12.8 Å². The molecular weight excluding hydrogens is 190 g/mol. The molecule has 5 heteroatoms. The maximum atomic E-state index is 11.4. The highest BCUT2D eigenvalue weighted by Crippen LogP contribution is 2.00. The average Bonchev–Trinajstić information content (AvgIpc) is 2.10. The van der Waals surface area contributed by atoms with Gasteiger partial charge in [-0.15, -0.1) is 0 Å². The Labute approximate surface area is 80.9 Å². The summed E-state index contributed by atoms with van der Waals surface area (Å²) in [6.07, 6.45) is 1.91. The molecule has 0 saturated heterocycles. The van der Waals surface area contributed by atoms with Crippen molar-refractivity contribution in [2.45, 2.75) is 19.8 Å². The fourth-order valence-corrected chi connectivity index (χ4v) is 1.96. The molecule has 0 aromatic heterocycles. The van der Waals surface area contributed by atoms with Crippen LogP contribution in [0.4, 0.5) is 0 Å². The molecule has 0 aliphatic heterocycles. The molecular formula is C8H19NO3S. The van der Waals surface area contributed by atoms with E-state index in [1.54, 1.807) is 7.05 Å². The maximum Gasteiger partial charge on any atom is 0.216 e. The standard InChI is InChI=1S/C8H19NO3S/c1-4-5-6-9(2)13(10,11)8-7-12-3/h4-8H2,1-3H3. The van der Waals surface area contributed by atoms with E-state index in [1.807, 2.05) is 6.92 Å². The third-order valence-electron chi connectivity index (χ3n) is 1.85. The van der Waals surface area contributed by atoms with E-state index in [4.69, 9.17) is 4.74 Å². The summed E-state index contributed by atoms with van der Waals surface area (Å²) in [5.41, 5.74) is 0. The fraction of sp³-hybridized carbons (Fsp3) is 1.00. The summed E-state index contributed by atoms with van der Waals surface area (Å²) in [4.78, 5) is 0. The van der Waals surface area contributed by atoms with Gasteiger partial charge in [-0.1, -0.05) is 13.3 Å². The molecule has 80 valence electrons. The zero-order valence-electron chi connectivity index (χ0n) is 8.62. The second-order valence-electron chi connectivity index (χ2n) is 2.98. The van der Waals surface area contributed by atoms with Gasteiger partial charge in [0, 0.05) is 20.7 Å². The van der Waals surface area contributed by atoms with Crippen molar-refractivity contribution in [1.29, 1.82) is 0 Å². The van der Waals surface area contributed by atoms with E-state index in [-0.39, 0.29) is 12.4 Å². The number of unbranched alkanes of at least 4 members (excludes halogenated alkanes) is 1. The van der Waals surface area contributed by atoms with Crippen LogP contribution < -0.4 is 0 Å². The van der Waals surface area contributed by atoms with Gasteiger partial charge in [-0.25, -0.2) is 12.7 Å². The van der Waals surface area contributed by atoms with Crippen molar-refractivity contribution in [3.05, 3.63) is 0 Å². The van der Waals surface area contributed by atoms with Gasteiger partial charge in [-0.05, 0) is 6.42 Å². The molecule has 0 N–H and O–H groups in total. The van der Waals surface area contributed by atoms with Crippen molar-refractivity contribution in [3.8, 4) is 0 Å². The quantitative estimate of drug-likeness (QED) is 0.620. The lowest BCUT2D eigenvalue weighted by molar-refractivity contribution is 0.215. The third kappa shape index (κ3) is 5.23. The maximum absolute atomic E-state index is 11.4. The first-order chi connectivity index (χ1) is 6.04. The summed E-state index contributed by atoms with van der Waals surface area (Å²) in [5.74, 6) is 0.0731. The van der Waals surface area contributed by atoms with Crippen LogP contribution in [-0.4, -0.2) is 45.8 Å². The van der Waals surface area contributed by atoms with Crippen LogP contribution in [0.1, 0.15) is 19.8 Å². The van der Waals surface area contributed by atoms with E-state index in [0.29, 0.717) is 6.54 Å². The smallest absolute Gasteiger partial charge is 0.216 e. The summed E-state index contributed by atoms with van der Waals surface area (Å²) < 4.78 is 29.0. The minimum Gasteiger partial charge on any atom is -0.384 e. The first-order valence-electron chi connectivity index (χ1n) is 4.47. The molecule has 0 atom stereocenters. The van der Waals surface area contributed by atoms with E-state index < -0.39 is 10.0 Å². The fourth-order valence-electron chi connectivity index (χ4n) is 0.864. The van der Waals surface area contributed by atoms with Crippen LogP contribution in [0.25, 0.3) is 0 Å². The van der Waals surface area contributed by atoms with Crippen LogP contribution in [0.15, 0.2) is 0 Å². The first kappa shape index (κ1) is 12.9. The summed E-state index contributed by atoms with van der Waals surface area (Å²) in [6, 6.07) is 0. The molecule has 0 saturated carbocycles. The van der Waals surface area contributed by atoms with Gasteiger partial charge in [-0.3, -0.25) is 0 Å². The van der Waals surface area contributed by atoms with Crippen molar-refractivity contribution in [1.82, 2.24) is 4.31 Å². The lowest BCUT2D eigenvalue weighted by atomic mass is 10.3. The van der Waals surface area contributed by atoms with Crippen molar-refractivity contribution in [3.63, 3.8) is 0 Å². The molecule has 0 aliphatic rings. The Balaban J connectivity index is 3.96. The second-order valence-corrected chi connectivity index (χ2v) is 5.18. The molecule has 0 aromatic carbocycles. The Morgan fingerprint density at radius 2 is 2.00 bits per heavy atom. The van der Waals surface area contributed by atoms with Crippen LogP contribution in [0.5, 0.6) is 0 Å². The SMILES string of the molecule is CCCCN(C)S(=O)(=O)CCOC. The van der Waals surface area contributed by atoms with Gasteiger partial charge in [0.05, 0.1) is 12.4 Å². The van der Waals surface area contributed by atoms with Crippen molar-refractivity contribution in [2.75, 3.05) is 33.1 Å². The molecule has 0 bridgehead atoms. The van der Waals surface area contributed by atoms with Crippen LogP contribution in [0.3, 0.4) is 0 Å². The van der Waals surface area contributed by atoms with Crippen molar-refractivity contribution in [2.24, 2.45) is 0 Å². The summed E-state index contributed by atoms with van der Waals surface area (Å²) in [6.45, 7) is 2.90. The van der Waals surface area contributed by atoms with Gasteiger partial charge in [0.25, 0.3) is 0 Å². The number of rotatable bonds is 7. The molecule has 13 heavy (non-hydrogen) atoms. The van der Waals surface area contributed by atoms with Gasteiger partial charge in [0.2, 0.25) is 10.0 Å². The predicted molar refractivity (Wildman–Crippen MR) is 53.2 cm³/mol. The minimum atomic E-state index is -3.09. The molecule has 0 heterocycles. The molecule has 4 nitrogen and oxygen atoms in total. The van der Waals surface area contributed by atoms with Crippen LogP contribution in [-0.2, 0) is 14.8 Å². The van der Waals surface area contributed by atoms with Crippen LogP contribution in [0, 0.1) is 0 Å². The Hall–Kier alpha value is -0.130. The number of nitrogens with zero attached hydrogens (tertiary/aromatic N) is 1. The van der Waals surface area contributed by atoms with E-state index in [1.165, 1.54) is 11.4 Å². The molecule has 0 unspecified atom stereocenters. The molecule has 0 spiro atoms. The minimum absolute atomic E-state index is 0.0731. The van der Waals surface area contributed by atoms with E-state index >= 15 is 0 Å². The van der Waals surface area contributed by atoms with Crippen LogP contribution >= 0.6 is 0 Å². The number of hydrogen-bond donors (Lipinski definition) is 0. The number of ether oxygens (including phenoxy) is 1. The summed E-state index contributed by atoms with van der Waals surface area (Å²) >= 11 is 0. The highest BCUT2D eigenvalue weighted by atomic mass is 32.2. The van der Waals surface area contributed by atoms with Gasteiger partial charge in [-0.2, -0.15) is 0 Å². The lowest BCUT2D eigenvalue weighted by Gasteiger charge is -2.15. The molecule has 0 aliphatic carbocycles. The Morgan fingerprint density at radius 3 is 2.46 bits per heavy atom. The highest BCUT2D eigenvalue weighted by Gasteiger charge is 2.15. The monoisotopic (exact) mass is 209 g/mol. The molecule has 0 radical (unpaired) electrons. The normalized spacial score (nSPS) is 12.3. The molecule has 0 rings (SSSR count). The van der Waals surface area contributed by atoms with Crippen molar-refractivity contribution >= 4 is 10.0 Å². The Kier molecular flexibility index (Phi) is 6.28. The van der Waals surface area contributed by atoms with Crippen molar-refractivity contribution < 1.29 is 13.2 Å².